The molecule has 1 fully saturated rings. The van der Waals surface area contributed by atoms with E-state index in [9.17, 15) is 13.2 Å². The Balaban J connectivity index is 2.16. The van der Waals surface area contributed by atoms with Crippen molar-refractivity contribution in [3.05, 3.63) is 28.8 Å². The number of benzene rings is 1. The van der Waals surface area contributed by atoms with Gasteiger partial charge in [-0.2, -0.15) is 0 Å². The summed E-state index contributed by atoms with van der Waals surface area (Å²) < 4.78 is 28.8. The van der Waals surface area contributed by atoms with Gasteiger partial charge in [-0.15, -0.1) is 0 Å². The van der Waals surface area contributed by atoms with E-state index in [0.717, 1.165) is 19.1 Å². The largest absolute Gasteiger partial charge is 0.376 e. The summed E-state index contributed by atoms with van der Waals surface area (Å²) in [7, 11) is -3.47. The molecule has 1 aliphatic rings. The standard InChI is InChI=1S/C14H18ClNO4S/c1-9(12-4-3-7-20-12)16-14(17)10-5-6-11(15)13(8-10)21(2,18)19/h5-6,8-9,12H,3-4,7H2,1-2H3,(H,16,17). The van der Waals surface area contributed by atoms with Gasteiger partial charge in [0.2, 0.25) is 0 Å². The van der Waals surface area contributed by atoms with Crippen LogP contribution >= 0.6 is 11.6 Å². The van der Waals surface area contributed by atoms with Gasteiger partial charge < -0.3 is 10.1 Å². The summed E-state index contributed by atoms with van der Waals surface area (Å²) >= 11 is 5.86. The molecule has 2 atom stereocenters. The fraction of sp³-hybridized carbons (Fsp3) is 0.500. The molecule has 1 saturated heterocycles. The van der Waals surface area contributed by atoms with E-state index in [1.54, 1.807) is 0 Å². The first-order chi connectivity index (χ1) is 9.79. The number of ether oxygens (including phenoxy) is 1. The number of carbonyl (C=O) groups excluding carboxylic acids is 1. The third kappa shape index (κ3) is 3.96. The van der Waals surface area contributed by atoms with Crippen molar-refractivity contribution in [2.75, 3.05) is 12.9 Å². The van der Waals surface area contributed by atoms with Crippen LogP contribution in [-0.2, 0) is 14.6 Å². The maximum absolute atomic E-state index is 12.2. The molecular formula is C14H18ClNO4S. The van der Waals surface area contributed by atoms with Crippen molar-refractivity contribution in [1.29, 1.82) is 0 Å². The first-order valence-electron chi connectivity index (χ1n) is 6.71. The maximum atomic E-state index is 12.2. The molecule has 0 aliphatic carbocycles. The van der Waals surface area contributed by atoms with Crippen LogP contribution in [-0.4, -0.2) is 39.3 Å². The van der Waals surface area contributed by atoms with Crippen LogP contribution in [0.5, 0.6) is 0 Å². The molecule has 0 saturated carbocycles. The van der Waals surface area contributed by atoms with Crippen LogP contribution < -0.4 is 5.32 Å². The van der Waals surface area contributed by atoms with Gasteiger partial charge in [-0.25, -0.2) is 8.42 Å². The molecule has 0 spiro atoms. The molecule has 1 N–H and O–H groups in total. The number of hydrogen-bond acceptors (Lipinski definition) is 4. The van der Waals surface area contributed by atoms with Crippen molar-refractivity contribution in [2.45, 2.75) is 36.8 Å². The Hall–Kier alpha value is -1.11. The average molecular weight is 332 g/mol. The predicted molar refractivity (Wildman–Crippen MR) is 80.5 cm³/mol. The third-order valence-electron chi connectivity index (χ3n) is 3.47. The van der Waals surface area contributed by atoms with Crippen molar-refractivity contribution in [2.24, 2.45) is 0 Å². The summed E-state index contributed by atoms with van der Waals surface area (Å²) in [6.07, 6.45) is 2.97. The zero-order valence-electron chi connectivity index (χ0n) is 11.9. The van der Waals surface area contributed by atoms with E-state index in [1.807, 2.05) is 6.92 Å². The second kappa shape index (κ2) is 6.34. The van der Waals surface area contributed by atoms with Gasteiger partial charge in [0.1, 0.15) is 0 Å². The zero-order valence-corrected chi connectivity index (χ0v) is 13.5. The molecule has 21 heavy (non-hydrogen) atoms. The quantitative estimate of drug-likeness (QED) is 0.916. The molecular weight excluding hydrogens is 314 g/mol. The Morgan fingerprint density at radius 3 is 2.76 bits per heavy atom. The Morgan fingerprint density at radius 1 is 1.48 bits per heavy atom. The number of carbonyl (C=O) groups is 1. The van der Waals surface area contributed by atoms with Crippen LogP contribution in [0.4, 0.5) is 0 Å². The van der Waals surface area contributed by atoms with Gasteiger partial charge in [0, 0.05) is 18.4 Å². The second-order valence-corrected chi connectivity index (χ2v) is 7.62. The lowest BCUT2D eigenvalue weighted by Gasteiger charge is -2.20. The van der Waals surface area contributed by atoms with Gasteiger partial charge in [-0.3, -0.25) is 4.79 Å². The van der Waals surface area contributed by atoms with Gasteiger partial charge in [-0.05, 0) is 38.0 Å². The van der Waals surface area contributed by atoms with E-state index in [-0.39, 0.29) is 33.5 Å². The Morgan fingerprint density at radius 2 is 2.19 bits per heavy atom. The summed E-state index contributed by atoms with van der Waals surface area (Å²) in [6, 6.07) is 4.10. The molecule has 1 heterocycles. The normalized spacial score (nSPS) is 20.2. The average Bonchev–Trinajstić information content (AvgIpc) is 2.91. The molecule has 1 amide bonds. The summed E-state index contributed by atoms with van der Waals surface area (Å²) in [5, 5.41) is 2.95. The molecule has 116 valence electrons. The fourth-order valence-corrected chi connectivity index (χ4v) is 3.61. The number of nitrogens with one attached hydrogen (secondary N) is 1. The summed E-state index contributed by atoms with van der Waals surface area (Å²) in [5.74, 6) is -0.334. The van der Waals surface area contributed by atoms with Gasteiger partial charge >= 0.3 is 0 Å². The van der Waals surface area contributed by atoms with Crippen LogP contribution in [0, 0.1) is 0 Å². The molecule has 0 radical (unpaired) electrons. The first kappa shape index (κ1) is 16.3. The van der Waals surface area contributed by atoms with E-state index >= 15 is 0 Å². The van der Waals surface area contributed by atoms with E-state index in [0.29, 0.717) is 6.61 Å². The van der Waals surface area contributed by atoms with Crippen molar-refractivity contribution < 1.29 is 17.9 Å². The van der Waals surface area contributed by atoms with Crippen LogP contribution in [0.2, 0.25) is 5.02 Å². The Bertz CT molecular complexity index is 638. The molecule has 1 aromatic rings. The number of rotatable bonds is 4. The first-order valence-corrected chi connectivity index (χ1v) is 8.98. The molecule has 2 rings (SSSR count). The van der Waals surface area contributed by atoms with E-state index < -0.39 is 9.84 Å². The van der Waals surface area contributed by atoms with Crippen molar-refractivity contribution >= 4 is 27.3 Å². The molecule has 7 heteroatoms. The molecule has 2 unspecified atom stereocenters. The van der Waals surface area contributed by atoms with Crippen molar-refractivity contribution in [3.63, 3.8) is 0 Å². The molecule has 5 nitrogen and oxygen atoms in total. The minimum absolute atomic E-state index is 0.00984. The highest BCUT2D eigenvalue weighted by molar-refractivity contribution is 7.90. The number of amides is 1. The van der Waals surface area contributed by atoms with Gasteiger partial charge in [0.15, 0.2) is 9.84 Å². The lowest BCUT2D eigenvalue weighted by Crippen LogP contribution is -2.40. The van der Waals surface area contributed by atoms with Crippen LogP contribution in [0.3, 0.4) is 0 Å². The van der Waals surface area contributed by atoms with E-state index in [2.05, 4.69) is 5.32 Å². The Labute approximate surface area is 129 Å². The second-order valence-electron chi connectivity index (χ2n) is 5.23. The van der Waals surface area contributed by atoms with Crippen molar-refractivity contribution in [3.8, 4) is 0 Å². The topological polar surface area (TPSA) is 72.5 Å². The third-order valence-corrected chi connectivity index (χ3v) is 5.05. The zero-order chi connectivity index (χ0) is 15.6. The molecule has 1 aromatic carbocycles. The highest BCUT2D eigenvalue weighted by Crippen LogP contribution is 2.23. The molecule has 1 aliphatic heterocycles. The minimum Gasteiger partial charge on any atom is -0.376 e. The monoisotopic (exact) mass is 331 g/mol. The molecule has 0 aromatic heterocycles. The summed E-state index contributed by atoms with van der Waals surface area (Å²) in [5.41, 5.74) is 0.268. The Kier molecular flexibility index (Phi) is 4.91. The van der Waals surface area contributed by atoms with Crippen molar-refractivity contribution in [1.82, 2.24) is 5.32 Å². The lowest BCUT2D eigenvalue weighted by atomic mass is 10.1. The number of hydrogen-bond donors (Lipinski definition) is 1. The van der Waals surface area contributed by atoms with Crippen LogP contribution in [0.1, 0.15) is 30.1 Å². The SMILES string of the molecule is CC(NC(=O)c1ccc(Cl)c(S(C)(=O)=O)c1)C1CCCO1. The predicted octanol–water partition coefficient (Wildman–Crippen LogP) is 2.04. The fourth-order valence-electron chi connectivity index (χ4n) is 2.31. The maximum Gasteiger partial charge on any atom is 0.251 e. The van der Waals surface area contributed by atoms with Gasteiger partial charge in [0.05, 0.1) is 22.1 Å². The summed E-state index contributed by atoms with van der Waals surface area (Å²) in [6.45, 7) is 2.59. The van der Waals surface area contributed by atoms with Gasteiger partial charge in [0.25, 0.3) is 5.91 Å². The number of sulfone groups is 1. The highest BCUT2D eigenvalue weighted by atomic mass is 35.5. The van der Waals surface area contributed by atoms with Crippen LogP contribution in [0.25, 0.3) is 0 Å². The van der Waals surface area contributed by atoms with Gasteiger partial charge in [-0.1, -0.05) is 11.6 Å². The van der Waals surface area contributed by atoms with Crippen LogP contribution in [0.15, 0.2) is 23.1 Å². The minimum atomic E-state index is -3.47. The lowest BCUT2D eigenvalue weighted by molar-refractivity contribution is 0.0712. The highest BCUT2D eigenvalue weighted by Gasteiger charge is 2.24. The van der Waals surface area contributed by atoms with E-state index in [4.69, 9.17) is 16.3 Å². The van der Waals surface area contributed by atoms with E-state index in [1.165, 1.54) is 18.2 Å². The molecule has 0 bridgehead atoms. The smallest absolute Gasteiger partial charge is 0.251 e. The summed E-state index contributed by atoms with van der Waals surface area (Å²) in [4.78, 5) is 12.2. The number of halogens is 1.